The molecule has 18 heavy (non-hydrogen) atoms. The van der Waals surface area contributed by atoms with Crippen LogP contribution in [0.2, 0.25) is 0 Å². The fraction of sp³-hybridized carbons (Fsp3) is 0.0833. The highest BCUT2D eigenvalue weighted by Crippen LogP contribution is 2.22. The highest BCUT2D eigenvalue weighted by molar-refractivity contribution is 5.96. The van der Waals surface area contributed by atoms with Crippen molar-refractivity contribution in [3.05, 3.63) is 51.3 Å². The third-order valence-corrected chi connectivity index (χ3v) is 2.61. The topological polar surface area (TPSA) is 96.2 Å². The second-order valence-corrected chi connectivity index (χ2v) is 3.85. The first-order valence-corrected chi connectivity index (χ1v) is 5.16. The molecule has 1 heterocycles. The molecule has 0 aliphatic heterocycles. The lowest BCUT2D eigenvalue weighted by Gasteiger charge is -1.95. The van der Waals surface area contributed by atoms with Crippen LogP contribution in [0.15, 0.2) is 30.1 Å². The smallest absolute Gasteiger partial charge is 0.335 e. The summed E-state index contributed by atoms with van der Waals surface area (Å²) in [5, 5.41) is 20.2. The molecule has 0 bridgehead atoms. The lowest BCUT2D eigenvalue weighted by molar-refractivity contribution is -0.422. The van der Waals surface area contributed by atoms with Gasteiger partial charge >= 0.3 is 5.97 Å². The van der Waals surface area contributed by atoms with E-state index in [0.29, 0.717) is 11.1 Å². The van der Waals surface area contributed by atoms with Gasteiger partial charge in [0.1, 0.15) is 0 Å². The lowest BCUT2D eigenvalue weighted by Crippen LogP contribution is -1.95. The fourth-order valence-corrected chi connectivity index (χ4v) is 1.68. The van der Waals surface area contributed by atoms with Crippen LogP contribution in [0.1, 0.15) is 22.8 Å². The van der Waals surface area contributed by atoms with Gasteiger partial charge < -0.3 is 10.1 Å². The molecule has 1 aromatic carbocycles. The van der Waals surface area contributed by atoms with Crippen molar-refractivity contribution in [3.8, 4) is 0 Å². The quantitative estimate of drug-likeness (QED) is 0.642. The van der Waals surface area contributed by atoms with Gasteiger partial charge in [0.2, 0.25) is 5.70 Å². The van der Waals surface area contributed by atoms with Gasteiger partial charge in [-0.25, -0.2) is 4.79 Å². The number of nitro groups is 1. The molecule has 2 aromatic rings. The van der Waals surface area contributed by atoms with Crippen molar-refractivity contribution < 1.29 is 14.8 Å². The summed E-state index contributed by atoms with van der Waals surface area (Å²) in [6, 6.07) is 4.60. The highest BCUT2D eigenvalue weighted by Gasteiger charge is 2.09. The molecule has 0 unspecified atom stereocenters. The number of hydrogen-bond donors (Lipinski definition) is 2. The number of nitrogens with one attached hydrogen (secondary N) is 1. The Bertz CT molecular complexity index is 670. The molecule has 0 atom stereocenters. The molecular formula is C12H10N2O4. The summed E-state index contributed by atoms with van der Waals surface area (Å²) in [7, 11) is 0. The van der Waals surface area contributed by atoms with Gasteiger partial charge in [0, 0.05) is 35.7 Å². The third-order valence-electron chi connectivity index (χ3n) is 2.61. The van der Waals surface area contributed by atoms with Crippen LogP contribution in [-0.4, -0.2) is 21.0 Å². The minimum absolute atomic E-state index is 0.0261. The Morgan fingerprint density at radius 1 is 1.50 bits per heavy atom. The minimum atomic E-state index is -1.01. The van der Waals surface area contributed by atoms with Crippen LogP contribution in [-0.2, 0) is 0 Å². The lowest BCUT2D eigenvalue weighted by atomic mass is 10.1. The van der Waals surface area contributed by atoms with E-state index < -0.39 is 10.9 Å². The maximum absolute atomic E-state index is 10.8. The van der Waals surface area contributed by atoms with Gasteiger partial charge in [-0.2, -0.15) is 0 Å². The van der Waals surface area contributed by atoms with Crippen molar-refractivity contribution in [2.75, 3.05) is 0 Å². The zero-order valence-electron chi connectivity index (χ0n) is 9.51. The molecule has 2 N–H and O–H groups in total. The minimum Gasteiger partial charge on any atom is -0.478 e. The van der Waals surface area contributed by atoms with Crippen molar-refractivity contribution >= 4 is 22.9 Å². The number of aromatic amines is 1. The normalized spacial score (nSPS) is 11.7. The maximum atomic E-state index is 10.8. The summed E-state index contributed by atoms with van der Waals surface area (Å²) in [6.45, 7) is 1.41. The molecule has 6 heteroatoms. The van der Waals surface area contributed by atoms with Crippen molar-refractivity contribution in [2.24, 2.45) is 0 Å². The van der Waals surface area contributed by atoms with Gasteiger partial charge in [0.05, 0.1) is 10.5 Å². The van der Waals surface area contributed by atoms with Crippen molar-refractivity contribution in [3.63, 3.8) is 0 Å². The first kappa shape index (κ1) is 11.8. The van der Waals surface area contributed by atoms with Gasteiger partial charge in [-0.3, -0.25) is 10.1 Å². The number of aromatic carboxylic acids is 1. The molecule has 6 nitrogen and oxygen atoms in total. The van der Waals surface area contributed by atoms with Gasteiger partial charge in [0.15, 0.2) is 0 Å². The first-order chi connectivity index (χ1) is 8.49. The number of rotatable bonds is 3. The van der Waals surface area contributed by atoms with Gasteiger partial charge in [-0.15, -0.1) is 0 Å². The monoisotopic (exact) mass is 246 g/mol. The molecule has 0 saturated heterocycles. The number of carboxylic acid groups (broad SMARTS) is 1. The number of nitrogens with zero attached hydrogens (tertiary/aromatic N) is 1. The Hall–Kier alpha value is -2.63. The largest absolute Gasteiger partial charge is 0.478 e. The molecule has 92 valence electrons. The Morgan fingerprint density at radius 2 is 2.22 bits per heavy atom. The van der Waals surface area contributed by atoms with Crippen LogP contribution in [0.25, 0.3) is 17.0 Å². The molecule has 2 rings (SSSR count). The molecule has 0 spiro atoms. The average Bonchev–Trinajstić information content (AvgIpc) is 2.71. The molecule has 0 radical (unpaired) electrons. The van der Waals surface area contributed by atoms with E-state index >= 15 is 0 Å². The van der Waals surface area contributed by atoms with Crippen LogP contribution in [0.3, 0.4) is 0 Å². The Kier molecular flexibility index (Phi) is 2.85. The predicted octanol–water partition coefficient (Wildman–Crippen LogP) is 2.50. The summed E-state index contributed by atoms with van der Waals surface area (Å²) >= 11 is 0. The van der Waals surface area contributed by atoms with Crippen LogP contribution < -0.4 is 0 Å². The van der Waals surface area contributed by atoms with E-state index in [2.05, 4.69) is 4.98 Å². The summed E-state index contributed by atoms with van der Waals surface area (Å²) in [5.74, 6) is -1.01. The number of fused-ring (bicyclic) bond motifs is 1. The SMILES string of the molecule is CC(=Cc1c[nH]c2cc(C(=O)O)ccc12)[N+](=O)[O-]. The van der Waals surface area contributed by atoms with Gasteiger partial charge in [-0.05, 0) is 12.1 Å². The third kappa shape index (κ3) is 2.08. The van der Waals surface area contributed by atoms with E-state index in [1.54, 1.807) is 12.3 Å². The number of hydrogen-bond acceptors (Lipinski definition) is 3. The first-order valence-electron chi connectivity index (χ1n) is 5.16. The summed E-state index contributed by atoms with van der Waals surface area (Å²) in [6.07, 6.45) is 3.06. The van der Waals surface area contributed by atoms with Gasteiger partial charge in [-0.1, -0.05) is 6.07 Å². The number of benzene rings is 1. The Labute approximate surface area is 102 Å². The summed E-state index contributed by atoms with van der Waals surface area (Å²) < 4.78 is 0. The predicted molar refractivity (Wildman–Crippen MR) is 65.9 cm³/mol. The Morgan fingerprint density at radius 3 is 2.83 bits per heavy atom. The van der Waals surface area contributed by atoms with Crippen molar-refractivity contribution in [2.45, 2.75) is 6.92 Å². The molecule has 0 saturated carbocycles. The number of carbonyl (C=O) groups is 1. The standard InChI is InChI=1S/C12H10N2O4/c1-7(14(17)18)4-9-6-13-11-5-8(12(15)16)2-3-10(9)11/h2-6,13H,1H3,(H,15,16). The maximum Gasteiger partial charge on any atom is 0.335 e. The van der Waals surface area contributed by atoms with Gasteiger partial charge in [0.25, 0.3) is 0 Å². The molecule has 0 amide bonds. The zero-order chi connectivity index (χ0) is 13.3. The average molecular weight is 246 g/mol. The number of H-pyrrole nitrogens is 1. The van der Waals surface area contributed by atoms with E-state index in [1.807, 2.05) is 0 Å². The highest BCUT2D eigenvalue weighted by atomic mass is 16.6. The summed E-state index contributed by atoms with van der Waals surface area (Å²) in [5.41, 5.74) is 1.50. The van der Waals surface area contributed by atoms with Crippen LogP contribution in [0.4, 0.5) is 0 Å². The second-order valence-electron chi connectivity index (χ2n) is 3.85. The van der Waals surface area contributed by atoms with Crippen molar-refractivity contribution in [1.29, 1.82) is 0 Å². The molecule has 1 aromatic heterocycles. The van der Waals surface area contributed by atoms with E-state index in [-0.39, 0.29) is 11.3 Å². The van der Waals surface area contributed by atoms with E-state index in [1.165, 1.54) is 25.1 Å². The molecule has 0 fully saturated rings. The second kappa shape index (κ2) is 4.33. The number of allylic oxidation sites excluding steroid dienone is 1. The zero-order valence-corrected chi connectivity index (χ0v) is 9.51. The van der Waals surface area contributed by atoms with E-state index in [9.17, 15) is 14.9 Å². The molecule has 0 aliphatic carbocycles. The Balaban J connectivity index is 2.53. The van der Waals surface area contributed by atoms with E-state index in [0.717, 1.165) is 5.39 Å². The van der Waals surface area contributed by atoms with Crippen LogP contribution in [0.5, 0.6) is 0 Å². The molecular weight excluding hydrogens is 236 g/mol. The fourth-order valence-electron chi connectivity index (χ4n) is 1.68. The summed E-state index contributed by atoms with van der Waals surface area (Å²) in [4.78, 5) is 23.8. The van der Waals surface area contributed by atoms with Crippen LogP contribution >= 0.6 is 0 Å². The van der Waals surface area contributed by atoms with E-state index in [4.69, 9.17) is 5.11 Å². The number of aromatic nitrogens is 1. The number of carboxylic acids is 1. The molecule has 0 aliphatic rings. The van der Waals surface area contributed by atoms with Crippen molar-refractivity contribution in [1.82, 2.24) is 4.98 Å². The van der Waals surface area contributed by atoms with Crippen LogP contribution in [0, 0.1) is 10.1 Å².